The van der Waals surface area contributed by atoms with E-state index in [-0.39, 0.29) is 11.9 Å². The molecule has 1 atom stereocenters. The third kappa shape index (κ3) is 3.49. The summed E-state index contributed by atoms with van der Waals surface area (Å²) in [5.74, 6) is 0.959. The predicted molar refractivity (Wildman–Crippen MR) is 76.0 cm³/mol. The number of anilines is 1. The minimum absolute atomic E-state index is 0.148. The number of carbonyl (C=O) groups is 1. The van der Waals surface area contributed by atoms with Gasteiger partial charge in [-0.2, -0.15) is 5.10 Å². The first kappa shape index (κ1) is 13.9. The van der Waals surface area contributed by atoms with Gasteiger partial charge in [0, 0.05) is 12.0 Å². The van der Waals surface area contributed by atoms with Crippen LogP contribution in [0.2, 0.25) is 0 Å². The van der Waals surface area contributed by atoms with Gasteiger partial charge < -0.3 is 11.1 Å². The number of aromatic nitrogens is 2. The van der Waals surface area contributed by atoms with E-state index in [1.54, 1.807) is 0 Å². The lowest BCUT2D eigenvalue weighted by molar-refractivity contribution is 0.0933. The fraction of sp³-hybridized carbons (Fsp3) is 0.714. The third-order valence-corrected chi connectivity index (χ3v) is 3.59. The smallest absolute Gasteiger partial charge is 0.274 e. The molecule has 1 unspecified atom stereocenters. The van der Waals surface area contributed by atoms with Crippen LogP contribution in [-0.4, -0.2) is 22.1 Å². The molecule has 1 amide bonds. The molecule has 106 valence electrons. The zero-order valence-electron chi connectivity index (χ0n) is 12.0. The molecule has 0 aromatic carbocycles. The van der Waals surface area contributed by atoms with Gasteiger partial charge in [-0.15, -0.1) is 0 Å². The van der Waals surface area contributed by atoms with Crippen molar-refractivity contribution in [1.29, 1.82) is 0 Å². The van der Waals surface area contributed by atoms with Crippen molar-refractivity contribution < 1.29 is 4.79 Å². The number of nitrogens with two attached hydrogens (primary N) is 1. The maximum atomic E-state index is 12.1. The Morgan fingerprint density at radius 2 is 2.11 bits per heavy atom. The molecule has 1 fully saturated rings. The van der Waals surface area contributed by atoms with Crippen LogP contribution >= 0.6 is 0 Å². The molecule has 2 rings (SSSR count). The molecule has 0 aliphatic heterocycles. The van der Waals surface area contributed by atoms with Crippen molar-refractivity contribution in [3.05, 3.63) is 11.4 Å². The third-order valence-electron chi connectivity index (χ3n) is 3.59. The van der Waals surface area contributed by atoms with Gasteiger partial charge in [0.2, 0.25) is 0 Å². The van der Waals surface area contributed by atoms with Gasteiger partial charge in [-0.05, 0) is 38.5 Å². The summed E-state index contributed by atoms with van der Waals surface area (Å²) in [5, 5.41) is 9.93. The van der Waals surface area contributed by atoms with Gasteiger partial charge in [0.15, 0.2) is 5.69 Å². The van der Waals surface area contributed by atoms with E-state index in [9.17, 15) is 4.79 Å². The molecule has 1 aromatic heterocycles. The van der Waals surface area contributed by atoms with Crippen molar-refractivity contribution in [2.24, 2.45) is 5.92 Å². The zero-order valence-corrected chi connectivity index (χ0v) is 12.0. The lowest BCUT2D eigenvalue weighted by atomic mass is 10.0. The lowest BCUT2D eigenvalue weighted by Crippen LogP contribution is -2.33. The van der Waals surface area contributed by atoms with Crippen molar-refractivity contribution >= 4 is 11.6 Å². The minimum Gasteiger partial charge on any atom is -0.395 e. The number of hydrogen-bond acceptors (Lipinski definition) is 3. The molecule has 4 N–H and O–H groups in total. The van der Waals surface area contributed by atoms with Crippen molar-refractivity contribution in [3.63, 3.8) is 0 Å². The molecule has 1 heterocycles. The van der Waals surface area contributed by atoms with Crippen LogP contribution in [-0.2, 0) is 0 Å². The van der Waals surface area contributed by atoms with Crippen molar-refractivity contribution in [3.8, 4) is 0 Å². The number of nitrogens with one attached hydrogen (secondary N) is 2. The normalized spacial score (nSPS) is 16.6. The van der Waals surface area contributed by atoms with Crippen LogP contribution < -0.4 is 11.1 Å². The van der Waals surface area contributed by atoms with Crippen molar-refractivity contribution in [1.82, 2.24) is 15.5 Å². The average molecular weight is 264 g/mol. The Kier molecular flexibility index (Phi) is 4.12. The van der Waals surface area contributed by atoms with Gasteiger partial charge >= 0.3 is 0 Å². The van der Waals surface area contributed by atoms with Crippen LogP contribution in [0.25, 0.3) is 0 Å². The highest BCUT2D eigenvalue weighted by Gasteiger charge is 2.30. The van der Waals surface area contributed by atoms with E-state index in [1.165, 1.54) is 0 Å². The van der Waals surface area contributed by atoms with Gasteiger partial charge in [-0.25, -0.2) is 0 Å². The Balaban J connectivity index is 1.92. The Morgan fingerprint density at radius 3 is 2.68 bits per heavy atom. The molecular formula is C14H24N4O. The second kappa shape index (κ2) is 5.63. The molecular weight excluding hydrogens is 240 g/mol. The highest BCUT2D eigenvalue weighted by Crippen LogP contribution is 2.42. The molecule has 1 aliphatic carbocycles. The SMILES string of the molecule is CC(C)CCC(C)NC(=O)c1n[nH]c(C2CC2)c1N. The van der Waals surface area contributed by atoms with Crippen LogP contribution in [0.1, 0.15) is 68.6 Å². The minimum atomic E-state index is -0.170. The van der Waals surface area contributed by atoms with Crippen LogP contribution in [0.15, 0.2) is 0 Å². The summed E-state index contributed by atoms with van der Waals surface area (Å²) in [4.78, 5) is 12.1. The highest BCUT2D eigenvalue weighted by molar-refractivity contribution is 5.97. The Labute approximate surface area is 114 Å². The Morgan fingerprint density at radius 1 is 1.42 bits per heavy atom. The molecule has 0 radical (unpaired) electrons. The summed E-state index contributed by atoms with van der Waals surface area (Å²) in [6.07, 6.45) is 4.35. The van der Waals surface area contributed by atoms with E-state index >= 15 is 0 Å². The Bertz CT molecular complexity index is 448. The van der Waals surface area contributed by atoms with E-state index < -0.39 is 0 Å². The number of nitrogen functional groups attached to an aromatic ring is 1. The maximum absolute atomic E-state index is 12.1. The number of carbonyl (C=O) groups excluding carboxylic acids is 1. The number of amides is 1. The van der Waals surface area contributed by atoms with Gasteiger partial charge in [0.05, 0.1) is 11.4 Å². The summed E-state index contributed by atoms with van der Waals surface area (Å²) in [5.41, 5.74) is 7.79. The summed E-state index contributed by atoms with van der Waals surface area (Å²) >= 11 is 0. The van der Waals surface area contributed by atoms with E-state index in [1.807, 2.05) is 6.92 Å². The lowest BCUT2D eigenvalue weighted by Gasteiger charge is -2.14. The largest absolute Gasteiger partial charge is 0.395 e. The monoisotopic (exact) mass is 264 g/mol. The number of H-pyrrole nitrogens is 1. The fourth-order valence-corrected chi connectivity index (χ4v) is 2.17. The molecule has 1 aromatic rings. The molecule has 19 heavy (non-hydrogen) atoms. The fourth-order valence-electron chi connectivity index (χ4n) is 2.17. The van der Waals surface area contributed by atoms with E-state index in [2.05, 4.69) is 29.4 Å². The van der Waals surface area contributed by atoms with Crippen LogP contribution in [0.3, 0.4) is 0 Å². The van der Waals surface area contributed by atoms with Crippen LogP contribution in [0.4, 0.5) is 5.69 Å². The molecule has 0 bridgehead atoms. The zero-order chi connectivity index (χ0) is 14.0. The quantitative estimate of drug-likeness (QED) is 0.737. The summed E-state index contributed by atoms with van der Waals surface area (Å²) in [6, 6.07) is 0.148. The Hall–Kier alpha value is -1.52. The first-order valence-corrected chi connectivity index (χ1v) is 7.13. The molecule has 0 saturated heterocycles. The van der Waals surface area contributed by atoms with Crippen molar-refractivity contribution in [2.75, 3.05) is 5.73 Å². The van der Waals surface area contributed by atoms with E-state index in [0.717, 1.165) is 31.4 Å². The van der Waals surface area contributed by atoms with E-state index in [4.69, 9.17) is 5.73 Å². The van der Waals surface area contributed by atoms with Crippen LogP contribution in [0, 0.1) is 5.92 Å². The molecule has 0 spiro atoms. The standard InChI is InChI=1S/C14H24N4O/c1-8(2)4-5-9(3)16-14(19)13-11(15)12(17-18-13)10-6-7-10/h8-10H,4-7,15H2,1-3H3,(H,16,19)(H,17,18). The molecule has 5 heteroatoms. The van der Waals surface area contributed by atoms with Gasteiger partial charge in [-0.3, -0.25) is 9.89 Å². The topological polar surface area (TPSA) is 83.8 Å². The number of hydrogen-bond donors (Lipinski definition) is 3. The molecule has 5 nitrogen and oxygen atoms in total. The second-order valence-electron chi connectivity index (χ2n) is 6.02. The predicted octanol–water partition coefficient (Wildman–Crippen LogP) is 2.42. The highest BCUT2D eigenvalue weighted by atomic mass is 16.2. The summed E-state index contributed by atoms with van der Waals surface area (Å²) in [7, 11) is 0. The first-order valence-electron chi connectivity index (χ1n) is 7.13. The second-order valence-corrected chi connectivity index (χ2v) is 6.02. The summed E-state index contributed by atoms with van der Waals surface area (Å²) in [6.45, 7) is 6.38. The van der Waals surface area contributed by atoms with Crippen LogP contribution in [0.5, 0.6) is 0 Å². The van der Waals surface area contributed by atoms with Gasteiger partial charge in [-0.1, -0.05) is 13.8 Å². The number of nitrogens with zero attached hydrogens (tertiary/aromatic N) is 1. The van der Waals surface area contributed by atoms with Gasteiger partial charge in [0.1, 0.15) is 0 Å². The summed E-state index contributed by atoms with van der Waals surface area (Å²) < 4.78 is 0. The maximum Gasteiger partial charge on any atom is 0.274 e. The molecule has 1 aliphatic rings. The number of aromatic amines is 1. The van der Waals surface area contributed by atoms with Gasteiger partial charge in [0.25, 0.3) is 5.91 Å². The first-order chi connectivity index (χ1) is 8.99. The molecule has 1 saturated carbocycles. The van der Waals surface area contributed by atoms with Crippen molar-refractivity contribution in [2.45, 2.75) is 58.4 Å². The number of rotatable bonds is 6. The average Bonchev–Trinajstić information content (AvgIpc) is 3.10. The van der Waals surface area contributed by atoms with E-state index in [0.29, 0.717) is 23.2 Å².